The molecule has 284 valence electrons. The highest BCUT2D eigenvalue weighted by molar-refractivity contribution is 7.47. The van der Waals surface area contributed by atoms with E-state index in [0.29, 0.717) is 12.8 Å². The first-order valence-electron chi connectivity index (χ1n) is 19.1. The van der Waals surface area contributed by atoms with Crippen LogP contribution in [0, 0.1) is 0 Å². The summed E-state index contributed by atoms with van der Waals surface area (Å²) < 4.78 is 32.5. The second-order valence-corrected chi connectivity index (χ2v) is 14.5. The van der Waals surface area contributed by atoms with E-state index in [1.54, 1.807) is 0 Å². The van der Waals surface area contributed by atoms with E-state index in [4.69, 9.17) is 24.8 Å². The Morgan fingerprint density at radius 3 is 1.31 bits per heavy atom. The Labute approximate surface area is 291 Å². The van der Waals surface area contributed by atoms with Crippen LogP contribution in [0.5, 0.6) is 0 Å². The van der Waals surface area contributed by atoms with Gasteiger partial charge in [-0.15, -0.1) is 0 Å². The largest absolute Gasteiger partial charge is 0.480 e. The smallest absolute Gasteiger partial charge is 0.472 e. The number of phosphoric acid groups is 1. The van der Waals surface area contributed by atoms with Gasteiger partial charge in [-0.25, -0.2) is 4.57 Å². The molecule has 0 aliphatic carbocycles. The molecule has 0 rings (SSSR count). The lowest BCUT2D eigenvalue weighted by Gasteiger charge is -2.20. The highest BCUT2D eigenvalue weighted by Crippen LogP contribution is 2.43. The first-order valence-corrected chi connectivity index (χ1v) is 20.6. The van der Waals surface area contributed by atoms with Crippen molar-refractivity contribution in [3.63, 3.8) is 0 Å². The third-order valence-corrected chi connectivity index (χ3v) is 9.31. The van der Waals surface area contributed by atoms with E-state index in [9.17, 15) is 23.8 Å². The van der Waals surface area contributed by atoms with Crippen LogP contribution in [0.3, 0.4) is 0 Å². The van der Waals surface area contributed by atoms with Gasteiger partial charge >= 0.3 is 25.7 Å². The van der Waals surface area contributed by atoms with E-state index in [0.717, 1.165) is 38.5 Å². The number of aliphatic carboxylic acids is 1. The lowest BCUT2D eigenvalue weighted by atomic mass is 10.0. The van der Waals surface area contributed by atoms with Crippen molar-refractivity contribution in [1.29, 1.82) is 0 Å². The highest BCUT2D eigenvalue weighted by atomic mass is 31.2. The van der Waals surface area contributed by atoms with E-state index in [-0.39, 0.29) is 19.4 Å². The van der Waals surface area contributed by atoms with Gasteiger partial charge in [-0.3, -0.25) is 23.4 Å². The van der Waals surface area contributed by atoms with Crippen LogP contribution in [-0.4, -0.2) is 59.9 Å². The predicted molar refractivity (Wildman–Crippen MR) is 190 cm³/mol. The molecule has 0 radical (unpaired) electrons. The Hall–Kier alpha value is -1.52. The van der Waals surface area contributed by atoms with Crippen LogP contribution in [0.4, 0.5) is 0 Å². The molecule has 0 aromatic carbocycles. The molecule has 0 saturated heterocycles. The molecule has 0 fully saturated rings. The third-order valence-electron chi connectivity index (χ3n) is 8.36. The molecule has 0 aliphatic heterocycles. The zero-order valence-electron chi connectivity index (χ0n) is 30.3. The van der Waals surface area contributed by atoms with Gasteiger partial charge in [0, 0.05) is 12.8 Å². The molecule has 12 heteroatoms. The topological polar surface area (TPSA) is 172 Å². The number of ether oxygens (including phenoxy) is 2. The lowest BCUT2D eigenvalue weighted by Crippen LogP contribution is -2.34. The molecule has 11 nitrogen and oxygen atoms in total. The number of nitrogens with two attached hydrogens (primary N) is 1. The normalized spacial score (nSPS) is 13.9. The van der Waals surface area contributed by atoms with E-state index >= 15 is 0 Å². The Morgan fingerprint density at radius 2 is 0.917 bits per heavy atom. The second-order valence-electron chi connectivity index (χ2n) is 13.1. The van der Waals surface area contributed by atoms with E-state index in [1.807, 2.05) is 0 Å². The van der Waals surface area contributed by atoms with Gasteiger partial charge in [0.1, 0.15) is 12.6 Å². The van der Waals surface area contributed by atoms with Gasteiger partial charge in [0.05, 0.1) is 13.2 Å². The van der Waals surface area contributed by atoms with Gasteiger partial charge in [-0.1, -0.05) is 155 Å². The minimum absolute atomic E-state index is 0.169. The van der Waals surface area contributed by atoms with Crippen molar-refractivity contribution in [2.45, 2.75) is 193 Å². The summed E-state index contributed by atoms with van der Waals surface area (Å²) >= 11 is 0. The molecular weight excluding hydrogens is 637 g/mol. The molecule has 3 atom stereocenters. The minimum Gasteiger partial charge on any atom is -0.480 e. The zero-order chi connectivity index (χ0) is 35.7. The third kappa shape index (κ3) is 31.7. The van der Waals surface area contributed by atoms with E-state index < -0.39 is 51.1 Å². The molecule has 0 heterocycles. The van der Waals surface area contributed by atoms with Crippen molar-refractivity contribution in [3.05, 3.63) is 0 Å². The Bertz CT molecular complexity index is 844. The summed E-state index contributed by atoms with van der Waals surface area (Å²) in [7, 11) is -4.70. The first kappa shape index (κ1) is 46.5. The Kier molecular flexibility index (Phi) is 31.6. The standard InChI is InChI=1S/C36H70NO10P/c1-3-5-7-9-11-13-14-15-16-17-18-20-22-24-26-28-35(39)47-32(30-45-48(42,43)46-31-33(37)36(40)41)29-44-34(38)27-25-23-21-19-12-10-8-6-4-2/h32-33H,3-31,37H2,1-2H3,(H,40,41)(H,42,43). The monoisotopic (exact) mass is 707 g/mol. The molecule has 0 saturated carbocycles. The fraction of sp³-hybridized carbons (Fsp3) is 0.917. The number of carboxylic acid groups (broad SMARTS) is 1. The van der Waals surface area contributed by atoms with Crippen LogP contribution < -0.4 is 5.73 Å². The van der Waals surface area contributed by atoms with Crippen molar-refractivity contribution in [1.82, 2.24) is 0 Å². The molecule has 3 unspecified atom stereocenters. The molecule has 0 aliphatic rings. The number of carbonyl (C=O) groups is 3. The summed E-state index contributed by atoms with van der Waals surface area (Å²) in [4.78, 5) is 45.6. The Balaban J connectivity index is 4.38. The molecule has 0 aromatic heterocycles. The minimum atomic E-state index is -4.70. The maximum atomic E-state index is 12.5. The fourth-order valence-corrected chi connectivity index (χ4v) is 6.08. The molecule has 0 bridgehead atoms. The van der Waals surface area contributed by atoms with Crippen molar-refractivity contribution in [2.24, 2.45) is 5.73 Å². The Morgan fingerprint density at radius 1 is 0.562 bits per heavy atom. The number of hydrogen-bond donors (Lipinski definition) is 3. The van der Waals surface area contributed by atoms with Crippen molar-refractivity contribution >= 4 is 25.7 Å². The fourth-order valence-electron chi connectivity index (χ4n) is 5.30. The van der Waals surface area contributed by atoms with Crippen molar-refractivity contribution in [2.75, 3.05) is 19.8 Å². The van der Waals surface area contributed by atoms with Crippen LogP contribution in [0.2, 0.25) is 0 Å². The summed E-state index contributed by atoms with van der Waals surface area (Å²) in [6.45, 7) is 2.78. The average molecular weight is 708 g/mol. The van der Waals surface area contributed by atoms with Crippen LogP contribution in [0.1, 0.15) is 181 Å². The molecule has 0 aromatic rings. The number of rotatable bonds is 36. The second kappa shape index (κ2) is 32.7. The summed E-state index contributed by atoms with van der Waals surface area (Å²) in [6.07, 6.45) is 27.5. The predicted octanol–water partition coefficient (Wildman–Crippen LogP) is 9.17. The van der Waals surface area contributed by atoms with Gasteiger partial charge in [0.25, 0.3) is 0 Å². The van der Waals surface area contributed by atoms with Crippen LogP contribution >= 0.6 is 7.82 Å². The van der Waals surface area contributed by atoms with Crippen LogP contribution in [0.15, 0.2) is 0 Å². The molecule has 48 heavy (non-hydrogen) atoms. The van der Waals surface area contributed by atoms with Gasteiger partial charge in [0.2, 0.25) is 0 Å². The van der Waals surface area contributed by atoms with Crippen LogP contribution in [-0.2, 0) is 37.5 Å². The number of unbranched alkanes of at least 4 members (excludes halogenated alkanes) is 22. The van der Waals surface area contributed by atoms with Crippen molar-refractivity contribution in [3.8, 4) is 0 Å². The molecular formula is C36H70NO10P. The number of esters is 2. The summed E-state index contributed by atoms with van der Waals surface area (Å²) in [5.74, 6) is -2.37. The molecule has 0 spiro atoms. The number of carboxylic acids is 1. The highest BCUT2D eigenvalue weighted by Gasteiger charge is 2.28. The number of phosphoric ester groups is 1. The lowest BCUT2D eigenvalue weighted by molar-refractivity contribution is -0.161. The zero-order valence-corrected chi connectivity index (χ0v) is 31.2. The summed E-state index contributed by atoms with van der Waals surface area (Å²) in [6, 6.07) is -1.51. The van der Waals surface area contributed by atoms with E-state index in [1.165, 1.54) is 103 Å². The maximum Gasteiger partial charge on any atom is 0.472 e. The van der Waals surface area contributed by atoms with Gasteiger partial charge in [-0.2, -0.15) is 0 Å². The molecule has 0 amide bonds. The maximum absolute atomic E-state index is 12.5. The van der Waals surface area contributed by atoms with Gasteiger partial charge in [0.15, 0.2) is 6.10 Å². The van der Waals surface area contributed by atoms with E-state index in [2.05, 4.69) is 18.4 Å². The average Bonchev–Trinajstić information content (AvgIpc) is 3.05. The summed E-state index contributed by atoms with van der Waals surface area (Å²) in [5.41, 5.74) is 5.31. The van der Waals surface area contributed by atoms with Gasteiger partial charge < -0.3 is 25.2 Å². The number of carbonyl (C=O) groups excluding carboxylic acids is 2. The first-order chi connectivity index (χ1) is 23.1. The van der Waals surface area contributed by atoms with Gasteiger partial charge in [-0.05, 0) is 12.8 Å². The quantitative estimate of drug-likeness (QED) is 0.0322. The summed E-state index contributed by atoms with van der Waals surface area (Å²) in [5, 5.41) is 8.84. The molecule has 4 N–H and O–H groups in total. The van der Waals surface area contributed by atoms with Crippen LogP contribution in [0.25, 0.3) is 0 Å². The number of hydrogen-bond acceptors (Lipinski definition) is 9. The van der Waals surface area contributed by atoms with Crippen molar-refractivity contribution < 1.29 is 47.5 Å². The SMILES string of the molecule is CCCCCCCCCCCCCCCCCC(=O)OC(COC(=O)CCCCCCCCCCC)COP(=O)(O)OCC(N)C(=O)O.